The Balaban J connectivity index is 1.60. The zero-order chi connectivity index (χ0) is 15.1. The van der Waals surface area contributed by atoms with Crippen LogP contribution in [0.1, 0.15) is 18.4 Å². The third kappa shape index (κ3) is 5.25. The molecule has 21 heavy (non-hydrogen) atoms. The Bertz CT molecular complexity index is 441. The predicted molar refractivity (Wildman–Crippen MR) is 89.0 cm³/mol. The number of thiocarbonyl (C=S) groups is 1. The van der Waals surface area contributed by atoms with Crippen LogP contribution in [0.5, 0.6) is 0 Å². The molecule has 0 atom stereocenters. The normalized spacial score (nSPS) is 16.0. The van der Waals surface area contributed by atoms with Crippen molar-refractivity contribution in [2.24, 2.45) is 0 Å². The van der Waals surface area contributed by atoms with Crippen molar-refractivity contribution in [3.63, 3.8) is 0 Å². The van der Waals surface area contributed by atoms with Crippen LogP contribution in [0.15, 0.2) is 24.3 Å². The first-order chi connectivity index (χ1) is 10.2. The molecule has 0 aliphatic carbocycles. The van der Waals surface area contributed by atoms with Gasteiger partial charge in [-0.25, -0.2) is 4.39 Å². The molecule has 1 aromatic rings. The van der Waals surface area contributed by atoms with E-state index >= 15 is 0 Å². The van der Waals surface area contributed by atoms with Crippen LogP contribution in [0.3, 0.4) is 0 Å². The molecular weight excluding hydrogens is 285 g/mol. The second kappa shape index (κ2) is 8.29. The summed E-state index contributed by atoms with van der Waals surface area (Å²) in [5.41, 5.74) is 1.22. The van der Waals surface area contributed by atoms with Crippen LogP contribution in [0.4, 0.5) is 4.39 Å². The zero-order valence-electron chi connectivity index (χ0n) is 12.6. The number of hydrogen-bond donors (Lipinski definition) is 1. The van der Waals surface area contributed by atoms with Gasteiger partial charge in [0, 0.05) is 33.2 Å². The minimum absolute atomic E-state index is 0.156. The Hall–Kier alpha value is -1.20. The van der Waals surface area contributed by atoms with Crippen LogP contribution in [-0.4, -0.2) is 54.7 Å². The minimum Gasteiger partial charge on any atom is -0.366 e. The number of nitrogens with one attached hydrogen (secondary N) is 1. The summed E-state index contributed by atoms with van der Waals surface area (Å²) in [5, 5.41) is 3.89. The van der Waals surface area contributed by atoms with Gasteiger partial charge in [0.15, 0.2) is 5.11 Å². The first-order valence-electron chi connectivity index (χ1n) is 7.62. The lowest BCUT2D eigenvalue weighted by Gasteiger charge is -2.35. The first kappa shape index (κ1) is 16.2. The van der Waals surface area contributed by atoms with E-state index in [0.717, 1.165) is 50.7 Å². The molecule has 1 aromatic carbocycles. The average molecular weight is 309 g/mol. The number of hydrogen-bond acceptors (Lipinski definition) is 2. The lowest BCUT2D eigenvalue weighted by molar-refractivity contribution is 0.179. The molecule has 0 radical (unpaired) electrons. The molecule has 1 saturated heterocycles. The molecule has 1 aliphatic heterocycles. The molecule has 1 heterocycles. The molecule has 5 heteroatoms. The van der Waals surface area contributed by atoms with E-state index in [1.807, 2.05) is 19.2 Å². The second-order valence-electron chi connectivity index (χ2n) is 5.47. The highest BCUT2D eigenvalue weighted by molar-refractivity contribution is 7.80. The number of rotatable bonds is 5. The van der Waals surface area contributed by atoms with Crippen LogP contribution in [-0.2, 0) is 6.42 Å². The maximum absolute atomic E-state index is 12.8. The zero-order valence-corrected chi connectivity index (χ0v) is 13.5. The van der Waals surface area contributed by atoms with Crippen molar-refractivity contribution in [3.8, 4) is 0 Å². The van der Waals surface area contributed by atoms with E-state index in [1.54, 1.807) is 12.1 Å². The quantitative estimate of drug-likeness (QED) is 0.664. The number of nitrogens with zero attached hydrogens (tertiary/aromatic N) is 2. The van der Waals surface area contributed by atoms with Gasteiger partial charge in [0.05, 0.1) is 0 Å². The SMILES string of the molecule is CNC(=S)N1CCN(CCCCc2ccc(F)cc2)CC1. The van der Waals surface area contributed by atoms with Crippen molar-refractivity contribution in [2.75, 3.05) is 39.8 Å². The molecule has 1 fully saturated rings. The third-order valence-electron chi connectivity index (χ3n) is 3.98. The van der Waals surface area contributed by atoms with Gasteiger partial charge >= 0.3 is 0 Å². The molecule has 116 valence electrons. The smallest absolute Gasteiger partial charge is 0.168 e. The van der Waals surface area contributed by atoms with Gasteiger partial charge in [0.2, 0.25) is 0 Å². The molecule has 1 aliphatic rings. The topological polar surface area (TPSA) is 18.5 Å². The Morgan fingerprint density at radius 2 is 1.81 bits per heavy atom. The molecule has 0 spiro atoms. The van der Waals surface area contributed by atoms with E-state index in [1.165, 1.54) is 12.0 Å². The van der Waals surface area contributed by atoms with E-state index in [0.29, 0.717) is 0 Å². The Labute approximate surface area is 132 Å². The van der Waals surface area contributed by atoms with Gasteiger partial charge in [0.25, 0.3) is 0 Å². The largest absolute Gasteiger partial charge is 0.366 e. The maximum Gasteiger partial charge on any atom is 0.168 e. The van der Waals surface area contributed by atoms with E-state index in [9.17, 15) is 4.39 Å². The molecule has 0 amide bonds. The molecule has 0 unspecified atom stereocenters. The number of halogens is 1. The number of benzene rings is 1. The highest BCUT2D eigenvalue weighted by Gasteiger charge is 2.17. The maximum atomic E-state index is 12.8. The van der Waals surface area contributed by atoms with Gasteiger partial charge in [0.1, 0.15) is 5.82 Å². The fraction of sp³-hybridized carbons (Fsp3) is 0.562. The van der Waals surface area contributed by atoms with Crippen LogP contribution < -0.4 is 5.32 Å². The van der Waals surface area contributed by atoms with Crippen molar-refractivity contribution < 1.29 is 4.39 Å². The first-order valence-corrected chi connectivity index (χ1v) is 8.03. The van der Waals surface area contributed by atoms with E-state index < -0.39 is 0 Å². The van der Waals surface area contributed by atoms with E-state index in [4.69, 9.17) is 12.2 Å². The molecule has 0 saturated carbocycles. The van der Waals surface area contributed by atoms with E-state index in [2.05, 4.69) is 15.1 Å². The summed E-state index contributed by atoms with van der Waals surface area (Å²) in [5.74, 6) is -0.156. The van der Waals surface area contributed by atoms with Gasteiger partial charge in [-0.1, -0.05) is 12.1 Å². The summed E-state index contributed by atoms with van der Waals surface area (Å²) >= 11 is 5.25. The van der Waals surface area contributed by atoms with Gasteiger partial charge in [-0.2, -0.15) is 0 Å². The van der Waals surface area contributed by atoms with Gasteiger partial charge in [-0.3, -0.25) is 4.90 Å². The third-order valence-corrected chi connectivity index (χ3v) is 4.44. The molecule has 3 nitrogen and oxygen atoms in total. The lowest BCUT2D eigenvalue weighted by Crippen LogP contribution is -2.51. The standard InChI is InChI=1S/C16H24FN3S/c1-18-16(21)20-12-10-19(11-13-20)9-3-2-4-14-5-7-15(17)8-6-14/h5-8H,2-4,9-13H2,1H3,(H,18,21). The van der Waals surface area contributed by atoms with Gasteiger partial charge < -0.3 is 10.2 Å². The molecular formula is C16H24FN3S. The van der Waals surface area contributed by atoms with Crippen LogP contribution in [0.2, 0.25) is 0 Å². The Morgan fingerprint density at radius 1 is 1.14 bits per heavy atom. The van der Waals surface area contributed by atoms with Crippen molar-refractivity contribution in [1.82, 2.24) is 15.1 Å². The minimum atomic E-state index is -0.156. The average Bonchev–Trinajstić information content (AvgIpc) is 2.53. The summed E-state index contributed by atoms with van der Waals surface area (Å²) < 4.78 is 12.8. The van der Waals surface area contributed by atoms with Gasteiger partial charge in [-0.15, -0.1) is 0 Å². The molecule has 1 N–H and O–H groups in total. The summed E-state index contributed by atoms with van der Waals surface area (Å²) in [6.07, 6.45) is 3.37. The number of aryl methyl sites for hydroxylation is 1. The summed E-state index contributed by atoms with van der Waals surface area (Å²) in [7, 11) is 1.88. The number of piperazine rings is 1. The highest BCUT2D eigenvalue weighted by Crippen LogP contribution is 2.09. The molecule has 0 bridgehead atoms. The fourth-order valence-electron chi connectivity index (χ4n) is 2.65. The van der Waals surface area contributed by atoms with Crippen molar-refractivity contribution in [1.29, 1.82) is 0 Å². The fourth-order valence-corrected chi connectivity index (χ4v) is 2.83. The summed E-state index contributed by atoms with van der Waals surface area (Å²) in [6.45, 7) is 5.33. The van der Waals surface area contributed by atoms with Crippen LogP contribution in [0.25, 0.3) is 0 Å². The van der Waals surface area contributed by atoms with Crippen LogP contribution in [0, 0.1) is 5.82 Å². The van der Waals surface area contributed by atoms with Crippen molar-refractivity contribution in [3.05, 3.63) is 35.6 Å². The Morgan fingerprint density at radius 3 is 2.43 bits per heavy atom. The van der Waals surface area contributed by atoms with Crippen molar-refractivity contribution in [2.45, 2.75) is 19.3 Å². The second-order valence-corrected chi connectivity index (χ2v) is 5.85. The monoisotopic (exact) mass is 309 g/mol. The van der Waals surface area contributed by atoms with Gasteiger partial charge in [-0.05, 0) is 55.7 Å². The van der Waals surface area contributed by atoms with Crippen LogP contribution >= 0.6 is 12.2 Å². The molecule has 0 aromatic heterocycles. The number of unbranched alkanes of at least 4 members (excludes halogenated alkanes) is 1. The van der Waals surface area contributed by atoms with Crippen molar-refractivity contribution >= 4 is 17.3 Å². The lowest BCUT2D eigenvalue weighted by atomic mass is 10.1. The van der Waals surface area contributed by atoms with E-state index in [-0.39, 0.29) is 5.82 Å². The highest BCUT2D eigenvalue weighted by atomic mass is 32.1. The summed E-state index contributed by atoms with van der Waals surface area (Å²) in [6, 6.07) is 6.85. The molecule has 2 rings (SSSR count). The summed E-state index contributed by atoms with van der Waals surface area (Å²) in [4.78, 5) is 4.73. The Kier molecular flexibility index (Phi) is 6.39. The predicted octanol–water partition coefficient (Wildman–Crippen LogP) is 2.27.